The van der Waals surface area contributed by atoms with E-state index in [0.717, 1.165) is 0 Å². The fraction of sp³-hybridized carbons (Fsp3) is 0.455. The van der Waals surface area contributed by atoms with Crippen LogP contribution < -0.4 is 0 Å². The SMILES string of the molecule is CCOC(=O)Cc1cnc(C(F)F)c(Cl)c1CBr. The molecule has 7 heteroatoms. The van der Waals surface area contributed by atoms with Gasteiger partial charge in [0.25, 0.3) is 6.43 Å². The van der Waals surface area contributed by atoms with E-state index in [0.29, 0.717) is 11.1 Å². The molecule has 100 valence electrons. The molecule has 0 N–H and O–H groups in total. The summed E-state index contributed by atoms with van der Waals surface area (Å²) in [6, 6.07) is 0. The number of hydrogen-bond acceptors (Lipinski definition) is 3. The fourth-order valence-corrected chi connectivity index (χ4v) is 2.52. The van der Waals surface area contributed by atoms with Gasteiger partial charge in [0.05, 0.1) is 18.1 Å². The number of halogens is 4. The van der Waals surface area contributed by atoms with E-state index in [2.05, 4.69) is 20.9 Å². The van der Waals surface area contributed by atoms with Gasteiger partial charge >= 0.3 is 5.97 Å². The van der Waals surface area contributed by atoms with E-state index >= 15 is 0 Å². The van der Waals surface area contributed by atoms with Gasteiger partial charge in [-0.1, -0.05) is 27.5 Å². The number of alkyl halides is 3. The van der Waals surface area contributed by atoms with Crippen LogP contribution in [0.15, 0.2) is 6.20 Å². The van der Waals surface area contributed by atoms with Crippen molar-refractivity contribution in [3.8, 4) is 0 Å². The first kappa shape index (κ1) is 15.3. The molecule has 1 aromatic heterocycles. The summed E-state index contributed by atoms with van der Waals surface area (Å²) in [7, 11) is 0. The summed E-state index contributed by atoms with van der Waals surface area (Å²) >= 11 is 9.01. The summed E-state index contributed by atoms with van der Waals surface area (Å²) in [6.45, 7) is 1.95. The molecule has 0 aromatic carbocycles. The Morgan fingerprint density at radius 1 is 1.61 bits per heavy atom. The smallest absolute Gasteiger partial charge is 0.310 e. The predicted octanol–water partition coefficient (Wildman–Crippen LogP) is 3.67. The van der Waals surface area contributed by atoms with Crippen LogP contribution in [0.25, 0.3) is 0 Å². The highest BCUT2D eigenvalue weighted by Crippen LogP contribution is 2.31. The molecule has 0 atom stereocenters. The summed E-state index contributed by atoms with van der Waals surface area (Å²) < 4.78 is 30.0. The lowest BCUT2D eigenvalue weighted by Gasteiger charge is -2.11. The molecule has 0 fully saturated rings. The molecule has 0 saturated carbocycles. The highest BCUT2D eigenvalue weighted by atomic mass is 79.9. The van der Waals surface area contributed by atoms with E-state index in [1.54, 1.807) is 6.92 Å². The van der Waals surface area contributed by atoms with Crippen molar-refractivity contribution >= 4 is 33.5 Å². The van der Waals surface area contributed by atoms with Crippen molar-refractivity contribution in [1.82, 2.24) is 4.98 Å². The Bertz CT molecular complexity index is 443. The third-order valence-corrected chi connectivity index (χ3v) is 3.20. The minimum absolute atomic E-state index is 0.0367. The number of pyridine rings is 1. The van der Waals surface area contributed by atoms with Crippen LogP contribution in [0.5, 0.6) is 0 Å². The van der Waals surface area contributed by atoms with E-state index < -0.39 is 18.1 Å². The maximum atomic E-state index is 12.6. The maximum Gasteiger partial charge on any atom is 0.310 e. The van der Waals surface area contributed by atoms with E-state index in [4.69, 9.17) is 16.3 Å². The van der Waals surface area contributed by atoms with E-state index in [9.17, 15) is 13.6 Å². The standard InChI is InChI=1S/C11H11BrClF2NO2/c1-2-18-8(17)3-6-5-16-10(11(14)15)9(13)7(6)4-12/h5,11H,2-4H2,1H3. The topological polar surface area (TPSA) is 39.2 Å². The zero-order chi connectivity index (χ0) is 13.7. The van der Waals surface area contributed by atoms with Crippen LogP contribution in [0.1, 0.15) is 30.2 Å². The van der Waals surface area contributed by atoms with Crippen molar-refractivity contribution in [2.45, 2.75) is 25.1 Å². The lowest BCUT2D eigenvalue weighted by Crippen LogP contribution is -2.10. The predicted molar refractivity (Wildman–Crippen MR) is 67.2 cm³/mol. The molecule has 1 heterocycles. The third-order valence-electron chi connectivity index (χ3n) is 2.22. The Kier molecular flexibility index (Phi) is 5.95. The molecule has 0 aliphatic carbocycles. The second kappa shape index (κ2) is 6.99. The van der Waals surface area contributed by atoms with Gasteiger partial charge in [-0.2, -0.15) is 0 Å². The molecule has 0 aliphatic rings. The number of hydrogen-bond donors (Lipinski definition) is 0. The van der Waals surface area contributed by atoms with E-state index in [1.165, 1.54) is 6.20 Å². The second-order valence-electron chi connectivity index (χ2n) is 3.38. The molecule has 1 aromatic rings. The molecule has 18 heavy (non-hydrogen) atoms. The minimum Gasteiger partial charge on any atom is -0.466 e. The molecular formula is C11H11BrClF2NO2. The first-order valence-electron chi connectivity index (χ1n) is 5.17. The van der Waals surface area contributed by atoms with Gasteiger partial charge in [0.1, 0.15) is 5.69 Å². The summed E-state index contributed by atoms with van der Waals surface area (Å²) in [6.07, 6.45) is -1.54. The van der Waals surface area contributed by atoms with E-state index in [1.807, 2.05) is 0 Å². The van der Waals surface area contributed by atoms with Crippen LogP contribution in [0.4, 0.5) is 8.78 Å². The maximum absolute atomic E-state index is 12.6. The molecule has 0 aliphatic heterocycles. The summed E-state index contributed by atoms with van der Waals surface area (Å²) in [5.74, 6) is -0.442. The first-order chi connectivity index (χ1) is 8.51. The number of rotatable bonds is 5. The van der Waals surface area contributed by atoms with Gasteiger partial charge in [-0.15, -0.1) is 0 Å². The number of aromatic nitrogens is 1. The largest absolute Gasteiger partial charge is 0.466 e. The number of esters is 1. The summed E-state index contributed by atoms with van der Waals surface area (Å²) in [5.41, 5.74) is 0.452. The molecular weight excluding hydrogens is 331 g/mol. The number of carbonyl (C=O) groups is 1. The van der Waals surface area contributed by atoms with Crippen molar-refractivity contribution in [1.29, 1.82) is 0 Å². The lowest BCUT2D eigenvalue weighted by atomic mass is 10.1. The van der Waals surface area contributed by atoms with Gasteiger partial charge < -0.3 is 4.74 Å². The van der Waals surface area contributed by atoms with Crippen LogP contribution in [-0.2, 0) is 21.3 Å². The van der Waals surface area contributed by atoms with Gasteiger partial charge in [0, 0.05) is 11.5 Å². The van der Waals surface area contributed by atoms with Crippen LogP contribution in [0.3, 0.4) is 0 Å². The first-order valence-corrected chi connectivity index (χ1v) is 6.67. The van der Waals surface area contributed by atoms with Crippen molar-refractivity contribution in [3.05, 3.63) is 28.0 Å². The molecule has 0 radical (unpaired) electrons. The number of ether oxygens (including phenoxy) is 1. The average Bonchev–Trinajstić information content (AvgIpc) is 2.29. The molecule has 0 saturated heterocycles. The van der Waals surface area contributed by atoms with Crippen LogP contribution in [0, 0.1) is 0 Å². The van der Waals surface area contributed by atoms with Crippen LogP contribution >= 0.6 is 27.5 Å². The molecule has 0 spiro atoms. The number of carbonyl (C=O) groups excluding carboxylic acids is 1. The van der Waals surface area contributed by atoms with Gasteiger partial charge in [-0.25, -0.2) is 8.78 Å². The lowest BCUT2D eigenvalue weighted by molar-refractivity contribution is -0.142. The monoisotopic (exact) mass is 341 g/mol. The van der Waals surface area contributed by atoms with Gasteiger partial charge in [-0.3, -0.25) is 9.78 Å². The molecule has 1 rings (SSSR count). The van der Waals surface area contributed by atoms with Gasteiger partial charge in [0.2, 0.25) is 0 Å². The van der Waals surface area contributed by atoms with Gasteiger partial charge in [-0.05, 0) is 18.1 Å². The van der Waals surface area contributed by atoms with Crippen molar-refractivity contribution in [2.24, 2.45) is 0 Å². The Morgan fingerprint density at radius 2 is 2.28 bits per heavy atom. The second-order valence-corrected chi connectivity index (χ2v) is 4.32. The van der Waals surface area contributed by atoms with Gasteiger partial charge in [0.15, 0.2) is 0 Å². The van der Waals surface area contributed by atoms with E-state index in [-0.39, 0.29) is 23.4 Å². The van der Waals surface area contributed by atoms with Crippen molar-refractivity contribution in [2.75, 3.05) is 6.61 Å². The molecule has 0 amide bonds. The summed E-state index contributed by atoms with van der Waals surface area (Å²) in [5, 5.41) is 0.159. The zero-order valence-corrected chi connectivity index (χ0v) is 11.9. The Hall–Kier alpha value is -0.750. The highest BCUT2D eigenvalue weighted by Gasteiger charge is 2.20. The van der Waals surface area contributed by atoms with Crippen molar-refractivity contribution in [3.63, 3.8) is 0 Å². The molecule has 0 bridgehead atoms. The average molecular weight is 343 g/mol. The number of nitrogens with zero attached hydrogens (tertiary/aromatic N) is 1. The summed E-state index contributed by atoms with van der Waals surface area (Å²) in [4.78, 5) is 14.9. The van der Waals surface area contributed by atoms with Crippen LogP contribution in [-0.4, -0.2) is 17.6 Å². The fourth-order valence-electron chi connectivity index (χ4n) is 1.39. The highest BCUT2D eigenvalue weighted by molar-refractivity contribution is 9.08. The Balaban J connectivity index is 3.07. The molecule has 0 unspecified atom stereocenters. The van der Waals surface area contributed by atoms with Crippen molar-refractivity contribution < 1.29 is 18.3 Å². The normalized spacial score (nSPS) is 10.8. The van der Waals surface area contributed by atoms with Crippen LogP contribution in [0.2, 0.25) is 5.02 Å². The minimum atomic E-state index is -2.74. The third kappa shape index (κ3) is 3.62. The zero-order valence-electron chi connectivity index (χ0n) is 9.55. The molecule has 3 nitrogen and oxygen atoms in total. The Labute approximate surface area is 117 Å². The Morgan fingerprint density at radius 3 is 2.78 bits per heavy atom. The quantitative estimate of drug-likeness (QED) is 0.605.